The van der Waals surface area contributed by atoms with E-state index in [9.17, 15) is 4.79 Å². The topological polar surface area (TPSA) is 77.6 Å². The molecule has 0 radical (unpaired) electrons. The Morgan fingerprint density at radius 2 is 1.81 bits per heavy atom. The Kier molecular flexibility index (Phi) is 4.42. The predicted octanol–water partition coefficient (Wildman–Crippen LogP) is 2.15. The first-order valence-corrected chi connectivity index (χ1v) is 8.72. The third kappa shape index (κ3) is 3.31. The Morgan fingerprint density at radius 1 is 1.07 bits per heavy atom. The summed E-state index contributed by atoms with van der Waals surface area (Å²) in [5.74, 6) is 0.681. The van der Waals surface area contributed by atoms with Crippen molar-refractivity contribution >= 4 is 16.9 Å². The van der Waals surface area contributed by atoms with Gasteiger partial charge in [-0.1, -0.05) is 47.7 Å². The third-order valence-corrected chi connectivity index (χ3v) is 4.67. The molecular weight excluding hydrogens is 340 g/mol. The Balaban J connectivity index is 1.70. The van der Waals surface area contributed by atoms with Gasteiger partial charge in [-0.2, -0.15) is 0 Å². The maximum Gasteiger partial charge on any atom is 0.226 e. The molecule has 1 atom stereocenters. The molecule has 2 aromatic heterocycles. The molecule has 2 aromatic carbocycles. The number of hydrogen-bond acceptors (Lipinski definition) is 4. The SMILES string of the molecule is Cn1nncc1CC(=O)NC(c1ccccc1)c1nc2ccccc2n1C. The van der Waals surface area contributed by atoms with Crippen LogP contribution in [0.1, 0.15) is 23.1 Å². The lowest BCUT2D eigenvalue weighted by atomic mass is 10.1. The summed E-state index contributed by atoms with van der Waals surface area (Å²) < 4.78 is 3.63. The largest absolute Gasteiger partial charge is 0.342 e. The van der Waals surface area contributed by atoms with Crippen LogP contribution in [-0.4, -0.2) is 30.5 Å². The van der Waals surface area contributed by atoms with Gasteiger partial charge in [0.15, 0.2) is 0 Å². The van der Waals surface area contributed by atoms with Gasteiger partial charge in [0, 0.05) is 14.1 Å². The predicted molar refractivity (Wildman–Crippen MR) is 102 cm³/mol. The van der Waals surface area contributed by atoms with Crippen LogP contribution in [0.25, 0.3) is 11.0 Å². The number of hydrogen-bond donors (Lipinski definition) is 1. The van der Waals surface area contributed by atoms with E-state index in [1.54, 1.807) is 17.9 Å². The van der Waals surface area contributed by atoms with E-state index < -0.39 is 0 Å². The Hall–Kier alpha value is -3.48. The fourth-order valence-electron chi connectivity index (χ4n) is 3.21. The van der Waals surface area contributed by atoms with Gasteiger partial charge in [0.2, 0.25) is 5.91 Å². The van der Waals surface area contributed by atoms with Gasteiger partial charge in [-0.3, -0.25) is 9.48 Å². The molecule has 0 fully saturated rings. The molecule has 7 nitrogen and oxygen atoms in total. The van der Waals surface area contributed by atoms with Crippen LogP contribution in [0.15, 0.2) is 60.8 Å². The van der Waals surface area contributed by atoms with Crippen LogP contribution in [-0.2, 0) is 25.3 Å². The molecule has 4 rings (SSSR count). The van der Waals surface area contributed by atoms with Crippen molar-refractivity contribution in [2.45, 2.75) is 12.5 Å². The van der Waals surface area contributed by atoms with Crippen molar-refractivity contribution in [2.75, 3.05) is 0 Å². The van der Waals surface area contributed by atoms with Gasteiger partial charge in [-0.15, -0.1) is 5.10 Å². The van der Waals surface area contributed by atoms with E-state index in [0.717, 1.165) is 28.1 Å². The Labute approximate surface area is 156 Å². The van der Waals surface area contributed by atoms with Gasteiger partial charge >= 0.3 is 0 Å². The minimum Gasteiger partial charge on any atom is -0.342 e. The molecule has 0 aliphatic rings. The van der Waals surface area contributed by atoms with Crippen LogP contribution in [0, 0.1) is 0 Å². The van der Waals surface area contributed by atoms with Gasteiger partial charge in [-0.05, 0) is 17.7 Å². The number of fused-ring (bicyclic) bond motifs is 1. The van der Waals surface area contributed by atoms with Crippen molar-refractivity contribution in [3.8, 4) is 0 Å². The summed E-state index contributed by atoms with van der Waals surface area (Å²) in [5, 5.41) is 10.8. The van der Waals surface area contributed by atoms with E-state index in [1.165, 1.54) is 0 Å². The van der Waals surface area contributed by atoms with Crippen LogP contribution in [0.5, 0.6) is 0 Å². The lowest BCUT2D eigenvalue weighted by molar-refractivity contribution is -0.121. The van der Waals surface area contributed by atoms with Crippen molar-refractivity contribution in [3.63, 3.8) is 0 Å². The van der Waals surface area contributed by atoms with E-state index in [4.69, 9.17) is 4.98 Å². The highest BCUT2D eigenvalue weighted by Gasteiger charge is 2.23. The summed E-state index contributed by atoms with van der Waals surface area (Å²) in [7, 11) is 3.74. The lowest BCUT2D eigenvalue weighted by Crippen LogP contribution is -2.32. The number of nitrogens with one attached hydrogen (secondary N) is 1. The van der Waals surface area contributed by atoms with Crippen molar-refractivity contribution in [1.82, 2.24) is 29.9 Å². The molecule has 27 heavy (non-hydrogen) atoms. The second-order valence-corrected chi connectivity index (χ2v) is 6.45. The van der Waals surface area contributed by atoms with Crippen molar-refractivity contribution in [1.29, 1.82) is 0 Å². The van der Waals surface area contributed by atoms with E-state index in [2.05, 4.69) is 15.6 Å². The zero-order valence-electron chi connectivity index (χ0n) is 15.2. The monoisotopic (exact) mass is 360 g/mol. The molecule has 1 unspecified atom stereocenters. The normalized spacial score (nSPS) is 12.2. The van der Waals surface area contributed by atoms with E-state index in [-0.39, 0.29) is 18.4 Å². The van der Waals surface area contributed by atoms with Crippen LogP contribution < -0.4 is 5.32 Å². The second-order valence-electron chi connectivity index (χ2n) is 6.45. The number of rotatable bonds is 5. The highest BCUT2D eigenvalue weighted by Crippen LogP contribution is 2.25. The molecule has 0 spiro atoms. The van der Waals surface area contributed by atoms with Gasteiger partial charge < -0.3 is 9.88 Å². The van der Waals surface area contributed by atoms with E-state index in [0.29, 0.717) is 0 Å². The Morgan fingerprint density at radius 3 is 2.52 bits per heavy atom. The molecule has 0 aliphatic carbocycles. The zero-order valence-corrected chi connectivity index (χ0v) is 15.2. The average molecular weight is 360 g/mol. The molecule has 0 saturated carbocycles. The van der Waals surface area contributed by atoms with Crippen molar-refractivity contribution in [2.24, 2.45) is 14.1 Å². The summed E-state index contributed by atoms with van der Waals surface area (Å²) in [5.41, 5.74) is 3.66. The summed E-state index contributed by atoms with van der Waals surface area (Å²) in [6.07, 6.45) is 1.81. The number of aromatic nitrogens is 5. The maximum absolute atomic E-state index is 12.7. The van der Waals surface area contributed by atoms with Crippen molar-refractivity contribution in [3.05, 3.63) is 77.9 Å². The second kappa shape index (κ2) is 7.03. The standard InChI is InChI=1S/C20H20N6O/c1-25-17-11-7-6-10-16(17)22-20(25)19(14-8-4-3-5-9-14)23-18(27)12-15-13-21-24-26(15)2/h3-11,13,19H,12H2,1-2H3,(H,23,27). The number of para-hydroxylation sites is 2. The van der Waals surface area contributed by atoms with Crippen LogP contribution in [0.4, 0.5) is 0 Å². The average Bonchev–Trinajstić information content (AvgIpc) is 3.24. The fraction of sp³-hybridized carbons (Fsp3) is 0.200. The summed E-state index contributed by atoms with van der Waals surface area (Å²) in [6, 6.07) is 17.5. The first-order chi connectivity index (χ1) is 13.1. The molecule has 1 N–H and O–H groups in total. The number of amides is 1. The van der Waals surface area contributed by atoms with E-state index >= 15 is 0 Å². The number of carbonyl (C=O) groups is 1. The summed E-state index contributed by atoms with van der Waals surface area (Å²) >= 11 is 0. The minimum atomic E-state index is -0.350. The van der Waals surface area contributed by atoms with Crippen LogP contribution in [0.2, 0.25) is 0 Å². The third-order valence-electron chi connectivity index (χ3n) is 4.67. The smallest absolute Gasteiger partial charge is 0.226 e. The molecule has 7 heteroatoms. The number of benzene rings is 2. The highest BCUT2D eigenvalue weighted by atomic mass is 16.1. The number of aryl methyl sites for hydroxylation is 2. The van der Waals surface area contributed by atoms with Crippen LogP contribution >= 0.6 is 0 Å². The zero-order chi connectivity index (χ0) is 18.8. The van der Waals surface area contributed by atoms with Gasteiger partial charge in [0.05, 0.1) is 29.3 Å². The Bertz CT molecular complexity index is 1080. The molecule has 1 amide bonds. The summed E-state index contributed by atoms with van der Waals surface area (Å²) in [4.78, 5) is 17.5. The first kappa shape index (κ1) is 17.0. The van der Waals surface area contributed by atoms with Gasteiger partial charge in [-0.25, -0.2) is 4.98 Å². The molecule has 136 valence electrons. The van der Waals surface area contributed by atoms with Gasteiger partial charge in [0.1, 0.15) is 11.9 Å². The molecule has 0 aliphatic heterocycles. The minimum absolute atomic E-state index is 0.110. The first-order valence-electron chi connectivity index (χ1n) is 8.72. The van der Waals surface area contributed by atoms with Gasteiger partial charge in [0.25, 0.3) is 0 Å². The fourth-order valence-corrected chi connectivity index (χ4v) is 3.21. The summed E-state index contributed by atoms with van der Waals surface area (Å²) in [6.45, 7) is 0. The van der Waals surface area contributed by atoms with E-state index in [1.807, 2.05) is 66.2 Å². The number of carbonyl (C=O) groups excluding carboxylic acids is 1. The molecule has 4 aromatic rings. The lowest BCUT2D eigenvalue weighted by Gasteiger charge is -2.19. The number of imidazole rings is 1. The maximum atomic E-state index is 12.7. The quantitative estimate of drug-likeness (QED) is 0.592. The molecule has 0 bridgehead atoms. The number of nitrogens with zero attached hydrogens (tertiary/aromatic N) is 5. The molecule has 0 saturated heterocycles. The highest BCUT2D eigenvalue weighted by molar-refractivity contribution is 5.80. The molecular formula is C20H20N6O. The molecule has 2 heterocycles. The van der Waals surface area contributed by atoms with Crippen LogP contribution in [0.3, 0.4) is 0 Å². The van der Waals surface area contributed by atoms with Crippen molar-refractivity contribution < 1.29 is 4.79 Å².